The van der Waals surface area contributed by atoms with Crippen LogP contribution in [0.2, 0.25) is 0 Å². The predicted molar refractivity (Wildman–Crippen MR) is 78.5 cm³/mol. The quantitative estimate of drug-likeness (QED) is 0.848. The van der Waals surface area contributed by atoms with Gasteiger partial charge in [0.05, 0.1) is 6.07 Å². The minimum absolute atomic E-state index is 0.417. The van der Waals surface area contributed by atoms with Gasteiger partial charge in [0.15, 0.2) is 0 Å². The molecule has 1 saturated heterocycles. The van der Waals surface area contributed by atoms with E-state index in [1.165, 1.54) is 25.9 Å². The molecule has 19 heavy (non-hydrogen) atoms. The first-order valence-electron chi connectivity index (χ1n) is 7.97. The van der Waals surface area contributed by atoms with Crippen molar-refractivity contribution in [3.63, 3.8) is 0 Å². The average molecular weight is 263 g/mol. The zero-order chi connectivity index (χ0) is 13.9. The molecule has 0 aromatic heterocycles. The molecule has 1 aliphatic carbocycles. The van der Waals surface area contributed by atoms with Gasteiger partial charge >= 0.3 is 0 Å². The second kappa shape index (κ2) is 6.24. The van der Waals surface area contributed by atoms with Gasteiger partial charge in [-0.1, -0.05) is 20.3 Å². The molecule has 0 radical (unpaired) electrons. The zero-order valence-corrected chi connectivity index (χ0v) is 12.6. The highest BCUT2D eigenvalue weighted by molar-refractivity contribution is 5.11. The first-order chi connectivity index (χ1) is 9.05. The Kier molecular flexibility index (Phi) is 4.86. The predicted octanol–water partition coefficient (Wildman–Crippen LogP) is 2.77. The molecule has 3 heteroatoms. The van der Waals surface area contributed by atoms with Crippen LogP contribution in [0.5, 0.6) is 0 Å². The second-order valence-corrected chi connectivity index (χ2v) is 6.95. The highest BCUT2D eigenvalue weighted by Gasteiger charge is 2.39. The fraction of sp³-hybridized carbons (Fsp3) is 0.938. The van der Waals surface area contributed by atoms with Crippen molar-refractivity contribution in [1.29, 1.82) is 5.26 Å². The zero-order valence-electron chi connectivity index (χ0n) is 12.6. The number of nitrogens with two attached hydrogens (primary N) is 1. The molecular weight excluding hydrogens is 234 g/mol. The van der Waals surface area contributed by atoms with Gasteiger partial charge in [-0.25, -0.2) is 0 Å². The molecule has 2 rings (SSSR count). The normalized spacial score (nSPS) is 33.7. The van der Waals surface area contributed by atoms with Crippen LogP contribution in [-0.2, 0) is 0 Å². The van der Waals surface area contributed by atoms with Crippen molar-refractivity contribution < 1.29 is 0 Å². The van der Waals surface area contributed by atoms with Crippen molar-refractivity contribution in [2.45, 2.75) is 57.9 Å². The Balaban J connectivity index is 1.74. The van der Waals surface area contributed by atoms with Crippen molar-refractivity contribution in [2.24, 2.45) is 23.5 Å². The molecule has 2 atom stereocenters. The van der Waals surface area contributed by atoms with Gasteiger partial charge in [-0.15, -0.1) is 0 Å². The van der Waals surface area contributed by atoms with Crippen LogP contribution in [0.1, 0.15) is 52.4 Å². The Morgan fingerprint density at radius 1 is 1.32 bits per heavy atom. The lowest BCUT2D eigenvalue weighted by Gasteiger charge is -2.35. The van der Waals surface area contributed by atoms with Gasteiger partial charge in [0.2, 0.25) is 0 Å². The minimum Gasteiger partial charge on any atom is -0.313 e. The molecule has 0 aromatic rings. The van der Waals surface area contributed by atoms with Crippen molar-refractivity contribution in [2.75, 3.05) is 19.6 Å². The van der Waals surface area contributed by atoms with E-state index < -0.39 is 5.54 Å². The lowest BCUT2D eigenvalue weighted by Crippen LogP contribution is -2.44. The third-order valence-electron chi connectivity index (χ3n) is 5.45. The second-order valence-electron chi connectivity index (χ2n) is 6.95. The summed E-state index contributed by atoms with van der Waals surface area (Å²) in [4.78, 5) is 2.58. The average Bonchev–Trinajstić information content (AvgIpc) is 2.79. The van der Waals surface area contributed by atoms with Crippen LogP contribution in [0.25, 0.3) is 0 Å². The maximum atomic E-state index is 9.24. The Hall–Kier alpha value is -0.590. The molecule has 2 aliphatic rings. The Morgan fingerprint density at radius 2 is 2.00 bits per heavy atom. The summed E-state index contributed by atoms with van der Waals surface area (Å²) in [6.45, 7) is 8.29. The smallest absolute Gasteiger partial charge is 0.107 e. The summed E-state index contributed by atoms with van der Waals surface area (Å²) in [5, 5.41) is 9.24. The van der Waals surface area contributed by atoms with E-state index in [-0.39, 0.29) is 0 Å². The Labute approximate surface area is 118 Å². The maximum absolute atomic E-state index is 9.24. The lowest BCUT2D eigenvalue weighted by atomic mass is 9.85. The van der Waals surface area contributed by atoms with E-state index in [1.54, 1.807) is 0 Å². The number of hydrogen-bond donors (Lipinski definition) is 1. The highest BCUT2D eigenvalue weighted by Crippen LogP contribution is 2.36. The number of rotatable bonds is 4. The third-order valence-corrected chi connectivity index (χ3v) is 5.45. The van der Waals surface area contributed by atoms with E-state index in [0.29, 0.717) is 5.92 Å². The van der Waals surface area contributed by atoms with E-state index in [2.05, 4.69) is 24.8 Å². The van der Waals surface area contributed by atoms with Gasteiger partial charge in [-0.2, -0.15) is 5.26 Å². The van der Waals surface area contributed by atoms with Gasteiger partial charge in [0, 0.05) is 0 Å². The highest BCUT2D eigenvalue weighted by atomic mass is 15.1. The van der Waals surface area contributed by atoms with Crippen LogP contribution in [0, 0.1) is 29.1 Å². The molecule has 0 aromatic carbocycles. The van der Waals surface area contributed by atoms with Crippen LogP contribution in [0.3, 0.4) is 0 Å². The fourth-order valence-electron chi connectivity index (χ4n) is 3.83. The monoisotopic (exact) mass is 263 g/mol. The van der Waals surface area contributed by atoms with Crippen LogP contribution < -0.4 is 5.73 Å². The van der Waals surface area contributed by atoms with Gasteiger partial charge in [0.25, 0.3) is 0 Å². The molecule has 2 fully saturated rings. The van der Waals surface area contributed by atoms with Crippen LogP contribution in [-0.4, -0.2) is 30.1 Å². The van der Waals surface area contributed by atoms with Gasteiger partial charge < -0.3 is 10.6 Å². The first kappa shape index (κ1) is 14.8. The fourth-order valence-corrected chi connectivity index (χ4v) is 3.83. The largest absolute Gasteiger partial charge is 0.313 e. The van der Waals surface area contributed by atoms with Gasteiger partial charge in [-0.3, -0.25) is 0 Å². The van der Waals surface area contributed by atoms with E-state index in [0.717, 1.165) is 44.1 Å². The Bertz CT molecular complexity index is 325. The van der Waals surface area contributed by atoms with Crippen molar-refractivity contribution in [3.8, 4) is 6.07 Å². The minimum atomic E-state index is -0.531. The lowest BCUT2D eigenvalue weighted by molar-refractivity contribution is 0.147. The number of nitriles is 1. The summed E-state index contributed by atoms with van der Waals surface area (Å²) in [6, 6.07) is 2.36. The molecule has 2 N–H and O–H groups in total. The van der Waals surface area contributed by atoms with Crippen molar-refractivity contribution in [1.82, 2.24) is 4.90 Å². The first-order valence-corrected chi connectivity index (χ1v) is 7.97. The number of nitrogens with zero attached hydrogens (tertiary/aromatic N) is 2. The summed E-state index contributed by atoms with van der Waals surface area (Å²) < 4.78 is 0. The SMILES string of the molecule is CC(C)C1CCN(CCC2CCCC2(N)C#N)CC1. The molecule has 1 aliphatic heterocycles. The van der Waals surface area contributed by atoms with E-state index >= 15 is 0 Å². The van der Waals surface area contributed by atoms with E-state index in [4.69, 9.17) is 5.73 Å². The van der Waals surface area contributed by atoms with Crippen molar-refractivity contribution in [3.05, 3.63) is 0 Å². The summed E-state index contributed by atoms with van der Waals surface area (Å²) in [5.41, 5.74) is 5.67. The molecule has 3 nitrogen and oxygen atoms in total. The topological polar surface area (TPSA) is 53.0 Å². The maximum Gasteiger partial charge on any atom is 0.107 e. The molecule has 0 spiro atoms. The molecule has 0 amide bonds. The molecule has 1 heterocycles. The van der Waals surface area contributed by atoms with Gasteiger partial charge in [-0.05, 0) is 69.5 Å². The third kappa shape index (κ3) is 3.49. The van der Waals surface area contributed by atoms with E-state index in [1.807, 2.05) is 0 Å². The molecule has 2 unspecified atom stereocenters. The molecular formula is C16H29N3. The standard InChI is InChI=1S/C16H29N3/c1-13(2)14-5-9-19(10-6-14)11-7-15-4-3-8-16(15,18)12-17/h13-15H,3-11,18H2,1-2H3. The summed E-state index contributed by atoms with van der Waals surface area (Å²) in [5.74, 6) is 2.16. The van der Waals surface area contributed by atoms with Crippen LogP contribution >= 0.6 is 0 Å². The van der Waals surface area contributed by atoms with E-state index in [9.17, 15) is 5.26 Å². The van der Waals surface area contributed by atoms with Crippen LogP contribution in [0.4, 0.5) is 0 Å². The summed E-state index contributed by atoms with van der Waals surface area (Å²) >= 11 is 0. The van der Waals surface area contributed by atoms with Crippen molar-refractivity contribution >= 4 is 0 Å². The number of likely N-dealkylation sites (tertiary alicyclic amines) is 1. The summed E-state index contributed by atoms with van der Waals surface area (Å²) in [7, 11) is 0. The van der Waals surface area contributed by atoms with Crippen LogP contribution in [0.15, 0.2) is 0 Å². The number of piperidine rings is 1. The summed E-state index contributed by atoms with van der Waals surface area (Å²) in [6.07, 6.45) is 6.96. The van der Waals surface area contributed by atoms with Gasteiger partial charge in [0.1, 0.15) is 5.54 Å². The molecule has 108 valence electrons. The number of hydrogen-bond acceptors (Lipinski definition) is 3. The Morgan fingerprint density at radius 3 is 2.58 bits per heavy atom. The molecule has 1 saturated carbocycles. The molecule has 0 bridgehead atoms.